The van der Waals surface area contributed by atoms with Crippen LogP contribution in [0.5, 0.6) is 0 Å². The molecule has 2 rings (SSSR count). The number of aryl methyl sites for hydroxylation is 1. The van der Waals surface area contributed by atoms with E-state index >= 15 is 0 Å². The number of aromatic nitrogens is 1. The van der Waals surface area contributed by atoms with E-state index in [0.29, 0.717) is 5.58 Å². The molecule has 0 unspecified atom stereocenters. The second-order valence-electron chi connectivity index (χ2n) is 5.60. The van der Waals surface area contributed by atoms with E-state index in [4.69, 9.17) is 4.42 Å². The summed E-state index contributed by atoms with van der Waals surface area (Å²) in [6, 6.07) is 5.98. The maximum Gasteiger partial charge on any atom is 0.419 e. The molecule has 0 spiro atoms. The molecule has 98 valence electrons. The van der Waals surface area contributed by atoms with Gasteiger partial charge in [-0.3, -0.25) is 4.57 Å². The third kappa shape index (κ3) is 2.48. The standard InChI is InChI=1S/C14H20N2O2/c1-14(2,9-15-3)8-10-5-6-11-12(7-10)18-13(17)16(11)4/h5-7,15H,8-9H2,1-4H3. The molecule has 0 aliphatic carbocycles. The smallest absolute Gasteiger partial charge is 0.408 e. The second-order valence-corrected chi connectivity index (χ2v) is 5.60. The topological polar surface area (TPSA) is 47.2 Å². The van der Waals surface area contributed by atoms with Gasteiger partial charge in [0.15, 0.2) is 5.58 Å². The van der Waals surface area contributed by atoms with Crippen molar-refractivity contribution in [2.24, 2.45) is 12.5 Å². The third-order valence-electron chi connectivity index (χ3n) is 3.19. The van der Waals surface area contributed by atoms with E-state index in [2.05, 4.69) is 25.2 Å². The van der Waals surface area contributed by atoms with Gasteiger partial charge in [-0.05, 0) is 36.6 Å². The predicted octanol–water partition coefficient (Wildman–Crippen LogP) is 1.92. The van der Waals surface area contributed by atoms with Gasteiger partial charge in [0.2, 0.25) is 0 Å². The first kappa shape index (κ1) is 12.9. The van der Waals surface area contributed by atoms with E-state index in [1.54, 1.807) is 7.05 Å². The molecular weight excluding hydrogens is 228 g/mol. The molecular formula is C14H20N2O2. The van der Waals surface area contributed by atoms with Gasteiger partial charge >= 0.3 is 5.76 Å². The fraction of sp³-hybridized carbons (Fsp3) is 0.500. The van der Waals surface area contributed by atoms with E-state index in [-0.39, 0.29) is 11.2 Å². The molecule has 2 aromatic rings. The monoisotopic (exact) mass is 248 g/mol. The molecule has 0 aliphatic heterocycles. The number of fused-ring (bicyclic) bond motifs is 1. The largest absolute Gasteiger partial charge is 0.419 e. The zero-order valence-electron chi connectivity index (χ0n) is 11.4. The number of benzene rings is 1. The van der Waals surface area contributed by atoms with Gasteiger partial charge in [-0.2, -0.15) is 0 Å². The van der Waals surface area contributed by atoms with E-state index in [9.17, 15) is 4.79 Å². The van der Waals surface area contributed by atoms with Crippen molar-refractivity contribution in [3.05, 3.63) is 34.3 Å². The molecule has 0 aliphatic rings. The van der Waals surface area contributed by atoms with Crippen LogP contribution in [0, 0.1) is 5.41 Å². The van der Waals surface area contributed by atoms with Gasteiger partial charge in [0.05, 0.1) is 5.52 Å². The maximum absolute atomic E-state index is 11.4. The van der Waals surface area contributed by atoms with Crippen LogP contribution in [0.25, 0.3) is 11.1 Å². The summed E-state index contributed by atoms with van der Waals surface area (Å²) in [5, 5.41) is 3.20. The summed E-state index contributed by atoms with van der Waals surface area (Å²) >= 11 is 0. The Morgan fingerprint density at radius 3 is 2.78 bits per heavy atom. The Morgan fingerprint density at radius 1 is 1.39 bits per heavy atom. The summed E-state index contributed by atoms with van der Waals surface area (Å²) in [6.45, 7) is 5.38. The van der Waals surface area contributed by atoms with Crippen LogP contribution in [0.1, 0.15) is 19.4 Å². The number of oxazole rings is 1. The Kier molecular flexibility index (Phi) is 3.30. The Hall–Kier alpha value is -1.55. The van der Waals surface area contributed by atoms with E-state index in [1.165, 1.54) is 10.1 Å². The lowest BCUT2D eigenvalue weighted by molar-refractivity contribution is 0.350. The molecule has 0 fully saturated rings. The summed E-state index contributed by atoms with van der Waals surface area (Å²) < 4.78 is 6.73. The van der Waals surface area contributed by atoms with Gasteiger partial charge in [-0.25, -0.2) is 4.79 Å². The van der Waals surface area contributed by atoms with Crippen LogP contribution in [0.3, 0.4) is 0 Å². The number of nitrogens with zero attached hydrogens (tertiary/aromatic N) is 1. The lowest BCUT2D eigenvalue weighted by Crippen LogP contribution is -2.28. The first-order chi connectivity index (χ1) is 8.43. The van der Waals surface area contributed by atoms with E-state index in [0.717, 1.165) is 18.5 Å². The van der Waals surface area contributed by atoms with E-state index < -0.39 is 0 Å². The molecule has 0 radical (unpaired) electrons. The Balaban J connectivity index is 2.33. The van der Waals surface area contributed by atoms with Crippen molar-refractivity contribution in [3.63, 3.8) is 0 Å². The predicted molar refractivity (Wildman–Crippen MR) is 72.9 cm³/mol. The molecule has 0 saturated heterocycles. The lowest BCUT2D eigenvalue weighted by atomic mass is 9.85. The van der Waals surface area contributed by atoms with Gasteiger partial charge < -0.3 is 9.73 Å². The average molecular weight is 248 g/mol. The molecule has 4 nitrogen and oxygen atoms in total. The van der Waals surface area contributed by atoms with Gasteiger partial charge in [0.1, 0.15) is 0 Å². The molecule has 18 heavy (non-hydrogen) atoms. The highest BCUT2D eigenvalue weighted by molar-refractivity contribution is 5.73. The van der Waals surface area contributed by atoms with Crippen molar-refractivity contribution < 1.29 is 4.42 Å². The van der Waals surface area contributed by atoms with Crippen molar-refractivity contribution in [2.75, 3.05) is 13.6 Å². The summed E-state index contributed by atoms with van der Waals surface area (Å²) in [5.74, 6) is -0.309. The number of hydrogen-bond donors (Lipinski definition) is 1. The molecule has 4 heteroatoms. The Bertz CT molecular complexity index is 608. The molecule has 1 heterocycles. The zero-order valence-corrected chi connectivity index (χ0v) is 11.4. The number of rotatable bonds is 4. The first-order valence-corrected chi connectivity index (χ1v) is 6.16. The van der Waals surface area contributed by atoms with Gasteiger partial charge in [0.25, 0.3) is 0 Å². The van der Waals surface area contributed by atoms with Crippen LogP contribution in [0.4, 0.5) is 0 Å². The molecule has 0 saturated carbocycles. The molecule has 0 bridgehead atoms. The number of nitrogens with one attached hydrogen (secondary N) is 1. The quantitative estimate of drug-likeness (QED) is 0.899. The highest BCUT2D eigenvalue weighted by atomic mass is 16.4. The van der Waals surface area contributed by atoms with Gasteiger partial charge in [-0.1, -0.05) is 19.9 Å². The molecule has 1 N–H and O–H groups in total. The highest BCUT2D eigenvalue weighted by Gasteiger charge is 2.18. The molecule has 1 aromatic heterocycles. The molecule has 0 amide bonds. The highest BCUT2D eigenvalue weighted by Crippen LogP contribution is 2.23. The van der Waals surface area contributed by atoms with Crippen molar-refractivity contribution in [3.8, 4) is 0 Å². The zero-order chi connectivity index (χ0) is 13.3. The van der Waals surface area contributed by atoms with Crippen molar-refractivity contribution in [1.82, 2.24) is 9.88 Å². The minimum absolute atomic E-state index is 0.178. The SMILES string of the molecule is CNCC(C)(C)Cc1ccc2c(c1)oc(=O)n2C. The minimum atomic E-state index is -0.309. The Labute approximate surface area is 107 Å². The van der Waals surface area contributed by atoms with Crippen LogP contribution in [-0.2, 0) is 13.5 Å². The van der Waals surface area contributed by atoms with Crippen LogP contribution >= 0.6 is 0 Å². The summed E-state index contributed by atoms with van der Waals surface area (Å²) in [7, 11) is 3.68. The number of hydrogen-bond acceptors (Lipinski definition) is 3. The van der Waals surface area contributed by atoms with Crippen molar-refractivity contribution >= 4 is 11.1 Å². The van der Waals surface area contributed by atoms with Crippen LogP contribution in [0.2, 0.25) is 0 Å². The van der Waals surface area contributed by atoms with Crippen LogP contribution < -0.4 is 11.1 Å². The normalized spacial score (nSPS) is 12.2. The Morgan fingerprint density at radius 2 is 2.11 bits per heavy atom. The first-order valence-electron chi connectivity index (χ1n) is 6.16. The third-order valence-corrected chi connectivity index (χ3v) is 3.19. The minimum Gasteiger partial charge on any atom is -0.408 e. The fourth-order valence-electron chi connectivity index (χ4n) is 2.38. The molecule has 1 aromatic carbocycles. The summed E-state index contributed by atoms with van der Waals surface area (Å²) in [6.07, 6.45) is 0.947. The molecule has 0 atom stereocenters. The average Bonchev–Trinajstić information content (AvgIpc) is 2.53. The van der Waals surface area contributed by atoms with Gasteiger partial charge in [0, 0.05) is 13.6 Å². The lowest BCUT2D eigenvalue weighted by Gasteiger charge is -2.24. The van der Waals surface area contributed by atoms with E-state index in [1.807, 2.05) is 19.2 Å². The fourth-order valence-corrected chi connectivity index (χ4v) is 2.38. The van der Waals surface area contributed by atoms with Crippen LogP contribution in [0.15, 0.2) is 27.4 Å². The summed E-state index contributed by atoms with van der Waals surface area (Å²) in [5.41, 5.74) is 2.88. The second kappa shape index (κ2) is 4.61. The van der Waals surface area contributed by atoms with Crippen molar-refractivity contribution in [2.45, 2.75) is 20.3 Å². The van der Waals surface area contributed by atoms with Crippen LogP contribution in [-0.4, -0.2) is 18.2 Å². The maximum atomic E-state index is 11.4. The van der Waals surface area contributed by atoms with Gasteiger partial charge in [-0.15, -0.1) is 0 Å². The summed E-state index contributed by atoms with van der Waals surface area (Å²) in [4.78, 5) is 11.4. The van der Waals surface area contributed by atoms with Crippen molar-refractivity contribution in [1.29, 1.82) is 0 Å².